The van der Waals surface area contributed by atoms with E-state index in [1.54, 1.807) is 17.4 Å². The number of halogens is 1. The van der Waals surface area contributed by atoms with Crippen LogP contribution in [-0.4, -0.2) is 38.6 Å². The largest absolute Gasteiger partial charge is 0.411 e. The van der Waals surface area contributed by atoms with Gasteiger partial charge in [-0.1, -0.05) is 32.4 Å². The van der Waals surface area contributed by atoms with Crippen molar-refractivity contribution in [3.8, 4) is 0 Å². The van der Waals surface area contributed by atoms with Crippen molar-refractivity contribution in [2.75, 3.05) is 10.6 Å². The predicted octanol–water partition coefficient (Wildman–Crippen LogP) is 4.72. The highest BCUT2D eigenvalue weighted by atomic mass is 79.9. The van der Waals surface area contributed by atoms with Gasteiger partial charge in [-0.2, -0.15) is 0 Å². The van der Waals surface area contributed by atoms with Crippen molar-refractivity contribution in [3.63, 3.8) is 0 Å². The fourth-order valence-electron chi connectivity index (χ4n) is 3.32. The first-order chi connectivity index (χ1) is 13.6. The van der Waals surface area contributed by atoms with Crippen LogP contribution < -0.4 is 10.6 Å². The molecule has 1 aliphatic rings. The molecule has 0 bridgehead atoms. The van der Waals surface area contributed by atoms with Crippen LogP contribution in [0.3, 0.4) is 0 Å². The van der Waals surface area contributed by atoms with E-state index in [1.165, 1.54) is 6.21 Å². The lowest BCUT2D eigenvalue weighted by Crippen LogP contribution is -2.28. The van der Waals surface area contributed by atoms with Gasteiger partial charge in [0, 0.05) is 16.1 Å². The summed E-state index contributed by atoms with van der Waals surface area (Å²) in [4.78, 5) is 9.23. The first-order valence-electron chi connectivity index (χ1n) is 9.06. The zero-order chi connectivity index (χ0) is 19.5. The number of pyridine rings is 1. The topological polar surface area (TPSA) is 103 Å². The smallest absolute Gasteiger partial charge is 0.189 e. The first kappa shape index (κ1) is 19.1. The maximum absolute atomic E-state index is 9.69. The number of rotatable bonds is 5. The van der Waals surface area contributed by atoms with Crippen molar-refractivity contribution < 1.29 is 10.3 Å². The first-order valence-corrected chi connectivity index (χ1v) is 10.7. The molecule has 4 N–H and O–H groups in total. The minimum atomic E-state index is -0.199. The number of benzene rings is 1. The van der Waals surface area contributed by atoms with Gasteiger partial charge < -0.3 is 20.9 Å². The van der Waals surface area contributed by atoms with Crippen LogP contribution in [0.25, 0.3) is 10.2 Å². The summed E-state index contributed by atoms with van der Waals surface area (Å²) >= 11 is 5.02. The van der Waals surface area contributed by atoms with Gasteiger partial charge in [-0.3, -0.25) is 0 Å². The number of hydrogen-bond donors (Lipinski definition) is 4. The van der Waals surface area contributed by atoms with Gasteiger partial charge in [0.2, 0.25) is 0 Å². The number of aromatic nitrogens is 2. The second-order valence-corrected chi connectivity index (χ2v) is 8.77. The molecule has 1 aliphatic carbocycles. The Labute approximate surface area is 174 Å². The molecule has 4 rings (SSSR count). The quantitative estimate of drug-likeness (QED) is 0.249. The van der Waals surface area contributed by atoms with Gasteiger partial charge in [0.15, 0.2) is 5.13 Å². The molecule has 1 aromatic carbocycles. The summed E-state index contributed by atoms with van der Waals surface area (Å²) in [6, 6.07) is 9.87. The van der Waals surface area contributed by atoms with E-state index in [4.69, 9.17) is 5.21 Å². The second-order valence-electron chi connectivity index (χ2n) is 6.82. The number of aliphatic hydroxyl groups excluding tert-OH is 1. The van der Waals surface area contributed by atoms with Gasteiger partial charge in [0.1, 0.15) is 11.6 Å². The summed E-state index contributed by atoms with van der Waals surface area (Å²) in [5, 5.41) is 29.2. The second kappa shape index (κ2) is 8.42. The number of anilines is 3. The zero-order valence-corrected chi connectivity index (χ0v) is 17.4. The van der Waals surface area contributed by atoms with Crippen LogP contribution in [0.5, 0.6) is 0 Å². The molecule has 28 heavy (non-hydrogen) atoms. The van der Waals surface area contributed by atoms with E-state index in [1.807, 2.05) is 24.3 Å². The Morgan fingerprint density at radius 2 is 1.89 bits per heavy atom. The maximum Gasteiger partial charge on any atom is 0.189 e. The normalized spacial score (nSPS) is 19.9. The van der Waals surface area contributed by atoms with Crippen molar-refractivity contribution in [2.24, 2.45) is 5.16 Å². The molecule has 1 fully saturated rings. The van der Waals surface area contributed by atoms with Crippen molar-refractivity contribution in [2.45, 2.75) is 37.8 Å². The highest BCUT2D eigenvalue weighted by Gasteiger charge is 2.19. The third kappa shape index (κ3) is 4.60. The average Bonchev–Trinajstić information content (AvgIpc) is 3.05. The third-order valence-electron chi connectivity index (χ3n) is 4.69. The fraction of sp³-hybridized carbons (Fsp3) is 0.316. The highest BCUT2D eigenvalue weighted by molar-refractivity contribution is 9.10. The van der Waals surface area contributed by atoms with Crippen molar-refractivity contribution in [1.29, 1.82) is 0 Å². The highest BCUT2D eigenvalue weighted by Crippen LogP contribution is 2.30. The van der Waals surface area contributed by atoms with Crippen LogP contribution in [0.2, 0.25) is 0 Å². The van der Waals surface area contributed by atoms with Gasteiger partial charge >= 0.3 is 0 Å². The van der Waals surface area contributed by atoms with E-state index < -0.39 is 0 Å². The molecular weight excluding hydrogens is 442 g/mol. The molecule has 1 saturated carbocycles. The van der Waals surface area contributed by atoms with Crippen molar-refractivity contribution in [3.05, 3.63) is 40.4 Å². The number of hydrogen-bond acceptors (Lipinski definition) is 8. The molecule has 0 radical (unpaired) electrons. The predicted molar refractivity (Wildman–Crippen MR) is 116 cm³/mol. The Balaban J connectivity index is 1.57. The molecule has 0 saturated heterocycles. The minimum absolute atomic E-state index is 0.199. The van der Waals surface area contributed by atoms with Crippen LogP contribution >= 0.6 is 27.3 Å². The monoisotopic (exact) mass is 461 g/mol. The van der Waals surface area contributed by atoms with Crippen molar-refractivity contribution in [1.82, 2.24) is 9.97 Å². The number of fused-ring (bicyclic) bond motifs is 1. The molecule has 0 unspecified atom stereocenters. The van der Waals surface area contributed by atoms with E-state index in [9.17, 15) is 5.11 Å². The van der Waals surface area contributed by atoms with Gasteiger partial charge in [0.25, 0.3) is 0 Å². The van der Waals surface area contributed by atoms with E-state index in [2.05, 4.69) is 41.7 Å². The minimum Gasteiger partial charge on any atom is -0.411 e. The molecule has 146 valence electrons. The summed E-state index contributed by atoms with van der Waals surface area (Å²) in [5.74, 6) is 1.32. The Hall–Kier alpha value is -2.23. The standard InChI is InChI=1S/C19H20BrN5O2S/c20-12-1-6-15-16(9-12)28-19(23-15)25-18-8-11(10-21-27)7-17(24-18)22-13-2-4-14(26)5-3-13/h1,6-10,13-14,26-27H,2-5H2,(H2,22,23,24,25)/t13-,14-. The number of oxime groups is 1. The van der Waals surface area contributed by atoms with Crippen LogP contribution in [0.4, 0.5) is 16.8 Å². The number of aliphatic hydroxyl groups is 1. The number of nitrogens with one attached hydrogen (secondary N) is 2. The van der Waals surface area contributed by atoms with Crippen LogP contribution in [0, 0.1) is 0 Å². The lowest BCUT2D eigenvalue weighted by molar-refractivity contribution is 0.126. The van der Waals surface area contributed by atoms with Gasteiger partial charge in [-0.15, -0.1) is 0 Å². The zero-order valence-electron chi connectivity index (χ0n) is 15.0. The van der Waals surface area contributed by atoms with Gasteiger partial charge in [0.05, 0.1) is 22.5 Å². The Bertz CT molecular complexity index is 1000. The summed E-state index contributed by atoms with van der Waals surface area (Å²) in [6.07, 6.45) is 4.56. The van der Waals surface area contributed by atoms with Gasteiger partial charge in [-0.25, -0.2) is 9.97 Å². The third-order valence-corrected chi connectivity index (χ3v) is 6.12. The molecule has 2 aromatic heterocycles. The maximum atomic E-state index is 9.69. The molecule has 0 aliphatic heterocycles. The summed E-state index contributed by atoms with van der Waals surface area (Å²) < 4.78 is 2.09. The van der Waals surface area contributed by atoms with Gasteiger partial charge in [-0.05, 0) is 56.0 Å². The average molecular weight is 462 g/mol. The summed E-state index contributed by atoms with van der Waals surface area (Å²) in [6.45, 7) is 0. The Morgan fingerprint density at radius 1 is 1.11 bits per heavy atom. The molecular formula is C19H20BrN5O2S. The number of thiazole rings is 1. The molecule has 0 amide bonds. The Morgan fingerprint density at radius 3 is 2.68 bits per heavy atom. The lowest BCUT2D eigenvalue weighted by Gasteiger charge is -2.26. The Kier molecular flexibility index (Phi) is 5.74. The number of nitrogens with zero attached hydrogens (tertiary/aromatic N) is 3. The molecule has 2 heterocycles. The molecule has 3 aromatic rings. The SMILES string of the molecule is ON=Cc1cc(Nc2nc3ccc(Br)cc3s2)nc(N[C@H]2CC[C@H](O)CC2)c1. The lowest BCUT2D eigenvalue weighted by atomic mass is 9.93. The summed E-state index contributed by atoms with van der Waals surface area (Å²) in [7, 11) is 0. The fourth-order valence-corrected chi connectivity index (χ4v) is 4.75. The molecule has 9 heteroatoms. The van der Waals surface area contributed by atoms with E-state index >= 15 is 0 Å². The van der Waals surface area contributed by atoms with Crippen molar-refractivity contribution >= 4 is 60.5 Å². The molecule has 0 atom stereocenters. The van der Waals surface area contributed by atoms with Crippen LogP contribution in [0.1, 0.15) is 31.2 Å². The summed E-state index contributed by atoms with van der Waals surface area (Å²) in [5.41, 5.74) is 1.64. The molecule has 7 nitrogen and oxygen atoms in total. The van der Waals surface area contributed by atoms with Crippen LogP contribution in [-0.2, 0) is 0 Å². The van der Waals surface area contributed by atoms with E-state index in [-0.39, 0.29) is 12.1 Å². The molecule has 0 spiro atoms. The van der Waals surface area contributed by atoms with E-state index in [0.29, 0.717) is 11.6 Å². The van der Waals surface area contributed by atoms with Crippen LogP contribution in [0.15, 0.2) is 40.0 Å². The van der Waals surface area contributed by atoms with E-state index in [0.717, 1.165) is 51.1 Å².